The number of alkyl halides is 2. The van der Waals surface area contributed by atoms with Gasteiger partial charge in [-0.25, -0.2) is 27.2 Å². The zero-order valence-electron chi connectivity index (χ0n) is 11.1. The molecule has 8 heteroatoms. The van der Waals surface area contributed by atoms with E-state index in [-0.39, 0.29) is 0 Å². The molecule has 1 heterocycles. The predicted molar refractivity (Wildman–Crippen MR) is 65.5 cm³/mol. The summed E-state index contributed by atoms with van der Waals surface area (Å²) in [7, 11) is 0. The molecule has 1 atom stereocenters. The molecule has 0 fully saturated rings. The van der Waals surface area contributed by atoms with Crippen LogP contribution in [0.3, 0.4) is 0 Å². The van der Waals surface area contributed by atoms with E-state index in [9.17, 15) is 22.7 Å². The highest BCUT2D eigenvalue weighted by Gasteiger charge is 2.54. The van der Waals surface area contributed by atoms with E-state index in [1.54, 1.807) is 0 Å². The van der Waals surface area contributed by atoms with Crippen molar-refractivity contribution < 1.29 is 22.7 Å². The van der Waals surface area contributed by atoms with Gasteiger partial charge in [0.25, 0.3) is 5.92 Å². The van der Waals surface area contributed by atoms with Crippen molar-refractivity contribution in [3.8, 4) is 0 Å². The van der Waals surface area contributed by atoms with Crippen LogP contribution in [0.5, 0.6) is 0 Å². The van der Waals surface area contributed by atoms with Gasteiger partial charge >= 0.3 is 0 Å². The SMILES string of the molecule is CCC(F)(F)C(O)(Cn1cncn1)c1ccc(F)cc1F. The van der Waals surface area contributed by atoms with Gasteiger partial charge in [0, 0.05) is 18.1 Å². The number of nitrogens with zero attached hydrogens (tertiary/aromatic N) is 3. The Bertz CT molecular complexity index is 618. The molecule has 0 aliphatic rings. The Labute approximate surface area is 118 Å². The van der Waals surface area contributed by atoms with E-state index < -0.39 is 41.7 Å². The van der Waals surface area contributed by atoms with E-state index in [1.165, 1.54) is 0 Å². The highest BCUT2D eigenvalue weighted by molar-refractivity contribution is 5.27. The highest BCUT2D eigenvalue weighted by Crippen LogP contribution is 2.42. The molecule has 0 radical (unpaired) electrons. The minimum Gasteiger partial charge on any atom is -0.377 e. The molecular weight excluding hydrogens is 290 g/mol. The van der Waals surface area contributed by atoms with Gasteiger partial charge < -0.3 is 5.11 Å². The van der Waals surface area contributed by atoms with Crippen LogP contribution in [-0.4, -0.2) is 25.8 Å². The average molecular weight is 303 g/mol. The lowest BCUT2D eigenvalue weighted by Crippen LogP contribution is -2.49. The van der Waals surface area contributed by atoms with Crippen molar-refractivity contribution >= 4 is 0 Å². The third-order valence-corrected chi connectivity index (χ3v) is 3.28. The maximum absolute atomic E-state index is 14.2. The molecule has 0 bridgehead atoms. The number of aliphatic hydroxyl groups is 1. The summed E-state index contributed by atoms with van der Waals surface area (Å²) >= 11 is 0. The first-order valence-corrected chi connectivity index (χ1v) is 6.18. The number of aromatic nitrogens is 3. The predicted octanol–water partition coefficient (Wildman–Crippen LogP) is 2.49. The van der Waals surface area contributed by atoms with Crippen molar-refractivity contribution in [2.45, 2.75) is 31.4 Å². The largest absolute Gasteiger partial charge is 0.377 e. The molecule has 1 N–H and O–H groups in total. The maximum Gasteiger partial charge on any atom is 0.282 e. The van der Waals surface area contributed by atoms with E-state index in [4.69, 9.17) is 0 Å². The summed E-state index contributed by atoms with van der Waals surface area (Å²) in [6, 6.07) is 2.08. The number of hydrogen-bond acceptors (Lipinski definition) is 3. The van der Waals surface area contributed by atoms with Crippen LogP contribution >= 0.6 is 0 Å². The van der Waals surface area contributed by atoms with Crippen molar-refractivity contribution in [3.05, 3.63) is 48.1 Å². The fraction of sp³-hybridized carbons (Fsp3) is 0.385. The van der Waals surface area contributed by atoms with Gasteiger partial charge in [0.2, 0.25) is 0 Å². The molecule has 1 unspecified atom stereocenters. The molecule has 0 saturated carbocycles. The fourth-order valence-electron chi connectivity index (χ4n) is 2.06. The zero-order valence-corrected chi connectivity index (χ0v) is 11.1. The minimum atomic E-state index is -3.64. The lowest BCUT2D eigenvalue weighted by atomic mass is 9.85. The average Bonchev–Trinajstić information content (AvgIpc) is 2.90. The number of rotatable bonds is 5. The number of benzene rings is 1. The molecule has 114 valence electrons. The van der Waals surface area contributed by atoms with E-state index in [1.807, 2.05) is 0 Å². The van der Waals surface area contributed by atoms with Crippen molar-refractivity contribution in [2.24, 2.45) is 0 Å². The summed E-state index contributed by atoms with van der Waals surface area (Å²) in [5.74, 6) is -5.80. The summed E-state index contributed by atoms with van der Waals surface area (Å²) in [6.45, 7) is 0.449. The molecule has 0 spiro atoms. The van der Waals surface area contributed by atoms with Crippen molar-refractivity contribution in [1.29, 1.82) is 0 Å². The standard InChI is InChI=1S/C13H13F4N3O/c1-2-13(16,17)12(21,6-20-8-18-7-19-20)10-4-3-9(14)5-11(10)15/h3-5,7-8,21H,2,6H2,1H3. The topological polar surface area (TPSA) is 50.9 Å². The van der Waals surface area contributed by atoms with Gasteiger partial charge in [-0.15, -0.1) is 0 Å². The first kappa shape index (κ1) is 15.4. The van der Waals surface area contributed by atoms with Crippen LogP contribution < -0.4 is 0 Å². The lowest BCUT2D eigenvalue weighted by molar-refractivity contribution is -0.199. The highest BCUT2D eigenvalue weighted by atomic mass is 19.3. The Morgan fingerprint density at radius 3 is 2.52 bits per heavy atom. The van der Waals surface area contributed by atoms with Crippen molar-refractivity contribution in [1.82, 2.24) is 14.8 Å². The number of halogens is 4. The van der Waals surface area contributed by atoms with Gasteiger partial charge in [-0.3, -0.25) is 0 Å². The minimum absolute atomic E-state index is 0.452. The van der Waals surface area contributed by atoms with Gasteiger partial charge in [0.15, 0.2) is 5.60 Å². The van der Waals surface area contributed by atoms with Crippen LogP contribution in [0.15, 0.2) is 30.9 Å². The molecule has 0 amide bonds. The van der Waals surface area contributed by atoms with Gasteiger partial charge in [-0.05, 0) is 12.1 Å². The second-order valence-corrected chi connectivity index (χ2v) is 4.64. The first-order valence-electron chi connectivity index (χ1n) is 6.18. The molecule has 21 heavy (non-hydrogen) atoms. The van der Waals surface area contributed by atoms with Crippen LogP contribution in [0.4, 0.5) is 17.6 Å². The van der Waals surface area contributed by atoms with Gasteiger partial charge in [0.1, 0.15) is 24.3 Å². The van der Waals surface area contributed by atoms with E-state index in [0.717, 1.165) is 36.4 Å². The van der Waals surface area contributed by atoms with Crippen LogP contribution in [0.1, 0.15) is 18.9 Å². The summed E-state index contributed by atoms with van der Waals surface area (Å²) in [5, 5.41) is 14.1. The Kier molecular flexibility index (Phi) is 3.99. The zero-order chi connectivity index (χ0) is 15.7. The van der Waals surface area contributed by atoms with Gasteiger partial charge in [-0.2, -0.15) is 5.10 Å². The summed E-state index contributed by atoms with van der Waals surface area (Å²) in [5.41, 5.74) is -3.56. The van der Waals surface area contributed by atoms with Gasteiger partial charge in [-0.1, -0.05) is 6.92 Å². The second-order valence-electron chi connectivity index (χ2n) is 4.64. The molecule has 2 aromatic rings. The van der Waals surface area contributed by atoms with Crippen LogP contribution in [0.25, 0.3) is 0 Å². The summed E-state index contributed by atoms with van der Waals surface area (Å²) in [4.78, 5) is 3.59. The second kappa shape index (κ2) is 5.44. The lowest BCUT2D eigenvalue weighted by Gasteiger charge is -2.35. The van der Waals surface area contributed by atoms with E-state index in [2.05, 4.69) is 10.1 Å². The van der Waals surface area contributed by atoms with Gasteiger partial charge in [0.05, 0.1) is 6.54 Å². The summed E-state index contributed by atoms with van der Waals surface area (Å²) < 4.78 is 56.2. The molecule has 4 nitrogen and oxygen atoms in total. The Hall–Kier alpha value is -1.96. The quantitative estimate of drug-likeness (QED) is 0.863. The number of hydrogen-bond donors (Lipinski definition) is 1. The van der Waals surface area contributed by atoms with Crippen molar-refractivity contribution in [3.63, 3.8) is 0 Å². The smallest absolute Gasteiger partial charge is 0.282 e. The third-order valence-electron chi connectivity index (χ3n) is 3.28. The third kappa shape index (κ3) is 2.76. The Morgan fingerprint density at radius 2 is 2.00 bits per heavy atom. The molecule has 0 aliphatic heterocycles. The maximum atomic E-state index is 14.2. The monoisotopic (exact) mass is 303 g/mol. The fourth-order valence-corrected chi connectivity index (χ4v) is 2.06. The molecule has 1 aromatic carbocycles. The van der Waals surface area contributed by atoms with E-state index >= 15 is 0 Å². The Morgan fingerprint density at radius 1 is 1.29 bits per heavy atom. The normalized spacial score (nSPS) is 15.0. The van der Waals surface area contributed by atoms with E-state index in [0.29, 0.717) is 6.07 Å². The van der Waals surface area contributed by atoms with Crippen LogP contribution in [0, 0.1) is 11.6 Å². The van der Waals surface area contributed by atoms with Crippen molar-refractivity contribution in [2.75, 3.05) is 0 Å². The van der Waals surface area contributed by atoms with Crippen LogP contribution in [-0.2, 0) is 12.1 Å². The molecule has 2 rings (SSSR count). The summed E-state index contributed by atoms with van der Waals surface area (Å²) in [6.07, 6.45) is 1.50. The molecule has 0 aliphatic carbocycles. The molecule has 0 saturated heterocycles. The molecule has 1 aromatic heterocycles. The van der Waals surface area contributed by atoms with Crippen LogP contribution in [0.2, 0.25) is 0 Å². The molecular formula is C13H13F4N3O. The Balaban J connectivity index is 2.54. The first-order chi connectivity index (χ1) is 9.80.